The number of anilines is 1. The molecule has 2 atom stereocenters. The molecule has 3 rings (SSSR count). The summed E-state index contributed by atoms with van der Waals surface area (Å²) in [5.41, 5.74) is 6.23. The number of hydrogen-bond acceptors (Lipinski definition) is 5. The second-order valence-corrected chi connectivity index (χ2v) is 5.92. The zero-order chi connectivity index (χ0) is 17.3. The summed E-state index contributed by atoms with van der Waals surface area (Å²) in [5, 5.41) is 5.67. The van der Waals surface area contributed by atoms with Crippen molar-refractivity contribution in [3.8, 4) is 0 Å². The number of carbonyl (C=O) groups excluding carboxylic acids is 2. The van der Waals surface area contributed by atoms with Gasteiger partial charge in [0, 0.05) is 19.5 Å². The summed E-state index contributed by atoms with van der Waals surface area (Å²) in [7, 11) is 0. The van der Waals surface area contributed by atoms with Crippen molar-refractivity contribution in [1.29, 1.82) is 0 Å². The molecule has 2 heterocycles. The first-order valence-electron chi connectivity index (χ1n) is 7.78. The first-order chi connectivity index (χ1) is 11.5. The van der Waals surface area contributed by atoms with Crippen LogP contribution in [0.1, 0.15) is 13.3 Å². The molecule has 0 radical (unpaired) electrons. The molecule has 0 spiro atoms. The molecule has 2 aliphatic rings. The molecular formula is C16H19FN4O3. The topological polar surface area (TPSA) is 88.2 Å². The van der Waals surface area contributed by atoms with E-state index in [1.54, 1.807) is 4.90 Å². The van der Waals surface area contributed by atoms with Crippen molar-refractivity contribution in [2.24, 2.45) is 10.8 Å². The zero-order valence-electron chi connectivity index (χ0n) is 13.3. The fourth-order valence-electron chi connectivity index (χ4n) is 2.88. The Bertz CT molecular complexity index is 676. The number of morpholine rings is 1. The predicted octanol–water partition coefficient (Wildman–Crippen LogP) is 0.493. The number of carbonyl (C=O) groups is 2. The molecule has 2 N–H and O–H groups in total. The average molecular weight is 334 g/mol. The van der Waals surface area contributed by atoms with Gasteiger partial charge in [0.05, 0.1) is 18.4 Å². The van der Waals surface area contributed by atoms with Gasteiger partial charge < -0.3 is 15.4 Å². The van der Waals surface area contributed by atoms with E-state index in [-0.39, 0.29) is 24.1 Å². The van der Waals surface area contributed by atoms with Gasteiger partial charge in [-0.2, -0.15) is 5.10 Å². The Kier molecular flexibility index (Phi) is 4.48. The Morgan fingerprint density at radius 3 is 2.67 bits per heavy atom. The lowest BCUT2D eigenvalue weighted by molar-refractivity contribution is -0.130. The van der Waals surface area contributed by atoms with Gasteiger partial charge in [-0.3, -0.25) is 14.6 Å². The molecule has 1 aromatic carbocycles. The third-order valence-corrected chi connectivity index (χ3v) is 4.11. The smallest absolute Gasteiger partial charge is 0.270 e. The maximum atomic E-state index is 13.1. The molecule has 24 heavy (non-hydrogen) atoms. The number of primary amides is 1. The summed E-state index contributed by atoms with van der Waals surface area (Å²) in [5.74, 6) is -1.20. The van der Waals surface area contributed by atoms with E-state index in [1.165, 1.54) is 29.3 Å². The van der Waals surface area contributed by atoms with Crippen LogP contribution >= 0.6 is 0 Å². The minimum Gasteiger partial charge on any atom is -0.375 e. The Balaban J connectivity index is 1.83. The summed E-state index contributed by atoms with van der Waals surface area (Å²) in [4.78, 5) is 26.0. The number of hydrogen-bond donors (Lipinski definition) is 1. The van der Waals surface area contributed by atoms with Crippen LogP contribution in [0.5, 0.6) is 0 Å². The van der Waals surface area contributed by atoms with Gasteiger partial charge in [0.25, 0.3) is 5.91 Å². The normalized spacial score (nSPS) is 24.0. The largest absolute Gasteiger partial charge is 0.375 e. The highest BCUT2D eigenvalue weighted by molar-refractivity contribution is 6.40. The van der Waals surface area contributed by atoms with E-state index in [0.717, 1.165) is 0 Å². The first kappa shape index (κ1) is 16.4. The number of amides is 2. The quantitative estimate of drug-likeness (QED) is 0.871. The summed E-state index contributed by atoms with van der Waals surface area (Å²) in [6.45, 7) is 3.34. The van der Waals surface area contributed by atoms with Crippen molar-refractivity contribution in [3.05, 3.63) is 30.1 Å². The van der Waals surface area contributed by atoms with Crippen molar-refractivity contribution in [3.63, 3.8) is 0 Å². The van der Waals surface area contributed by atoms with Gasteiger partial charge in [0.15, 0.2) is 0 Å². The van der Waals surface area contributed by atoms with Gasteiger partial charge in [-0.15, -0.1) is 0 Å². The Morgan fingerprint density at radius 2 is 2.04 bits per heavy atom. The number of ether oxygens (including phenoxy) is 1. The monoisotopic (exact) mass is 334 g/mol. The molecule has 2 unspecified atom stereocenters. The van der Waals surface area contributed by atoms with Gasteiger partial charge in [-0.25, -0.2) is 4.39 Å². The van der Waals surface area contributed by atoms with Gasteiger partial charge in [-0.05, 0) is 31.2 Å². The number of benzene rings is 1. The molecular weight excluding hydrogens is 315 g/mol. The van der Waals surface area contributed by atoms with Crippen LogP contribution in [0.2, 0.25) is 0 Å². The summed E-state index contributed by atoms with van der Waals surface area (Å²) in [6.07, 6.45) is 0.0990. The van der Waals surface area contributed by atoms with E-state index in [2.05, 4.69) is 5.10 Å². The third-order valence-electron chi connectivity index (χ3n) is 4.11. The minimum atomic E-state index is -0.757. The standard InChI is InChI=1S/C16H19FN4O3/c1-10-9-20(6-7-24-10)16(23)13-8-14(15(18)22)21(19-13)12-4-2-11(17)3-5-12/h2-5,10,14H,6-9H2,1H3,(H2,18,22). The average Bonchev–Trinajstić information content (AvgIpc) is 3.00. The van der Waals surface area contributed by atoms with Crippen LogP contribution in [0.4, 0.5) is 10.1 Å². The van der Waals surface area contributed by atoms with E-state index >= 15 is 0 Å². The minimum absolute atomic E-state index is 0.0372. The molecule has 128 valence electrons. The Morgan fingerprint density at radius 1 is 1.33 bits per heavy atom. The molecule has 0 aromatic heterocycles. The SMILES string of the molecule is CC1CN(C(=O)C2=NN(c3ccc(F)cc3)C(C(N)=O)C2)CCO1. The second-order valence-electron chi connectivity index (χ2n) is 5.92. The van der Waals surface area contributed by atoms with Crippen LogP contribution in [-0.4, -0.2) is 54.3 Å². The van der Waals surface area contributed by atoms with E-state index in [0.29, 0.717) is 25.4 Å². The van der Waals surface area contributed by atoms with Crippen molar-refractivity contribution in [2.75, 3.05) is 24.7 Å². The van der Waals surface area contributed by atoms with Crippen LogP contribution in [0.3, 0.4) is 0 Å². The molecule has 8 heteroatoms. The Labute approximate surface area is 138 Å². The van der Waals surface area contributed by atoms with Gasteiger partial charge >= 0.3 is 0 Å². The number of nitrogens with two attached hydrogens (primary N) is 1. The fourth-order valence-corrected chi connectivity index (χ4v) is 2.88. The van der Waals surface area contributed by atoms with Crippen LogP contribution in [-0.2, 0) is 14.3 Å². The van der Waals surface area contributed by atoms with Crippen molar-refractivity contribution < 1.29 is 18.7 Å². The van der Waals surface area contributed by atoms with E-state index in [9.17, 15) is 14.0 Å². The van der Waals surface area contributed by atoms with E-state index in [1.807, 2.05) is 6.92 Å². The number of halogens is 1. The molecule has 2 aliphatic heterocycles. The fraction of sp³-hybridized carbons (Fsp3) is 0.438. The highest BCUT2D eigenvalue weighted by Gasteiger charge is 2.37. The van der Waals surface area contributed by atoms with Crippen LogP contribution < -0.4 is 10.7 Å². The van der Waals surface area contributed by atoms with Gasteiger partial charge in [0.2, 0.25) is 5.91 Å². The van der Waals surface area contributed by atoms with Crippen LogP contribution in [0.25, 0.3) is 0 Å². The number of hydrazone groups is 1. The number of rotatable bonds is 3. The summed E-state index contributed by atoms with van der Waals surface area (Å²) >= 11 is 0. The third kappa shape index (κ3) is 3.23. The lowest BCUT2D eigenvalue weighted by Crippen LogP contribution is -2.47. The zero-order valence-corrected chi connectivity index (χ0v) is 13.3. The molecule has 1 aromatic rings. The molecule has 0 aliphatic carbocycles. The van der Waals surface area contributed by atoms with Crippen molar-refractivity contribution in [1.82, 2.24) is 4.90 Å². The molecule has 1 fully saturated rings. The van der Waals surface area contributed by atoms with E-state index < -0.39 is 17.8 Å². The van der Waals surface area contributed by atoms with E-state index in [4.69, 9.17) is 10.5 Å². The molecule has 2 amide bonds. The maximum absolute atomic E-state index is 13.1. The van der Waals surface area contributed by atoms with Gasteiger partial charge in [-0.1, -0.05) is 0 Å². The Hall–Kier alpha value is -2.48. The van der Waals surface area contributed by atoms with Gasteiger partial charge in [0.1, 0.15) is 17.6 Å². The summed E-state index contributed by atoms with van der Waals surface area (Å²) in [6, 6.07) is 4.78. The van der Waals surface area contributed by atoms with Crippen molar-refractivity contribution >= 4 is 23.2 Å². The van der Waals surface area contributed by atoms with Crippen LogP contribution in [0, 0.1) is 5.82 Å². The maximum Gasteiger partial charge on any atom is 0.270 e. The summed E-state index contributed by atoms with van der Waals surface area (Å²) < 4.78 is 18.5. The molecule has 0 bridgehead atoms. The molecule has 7 nitrogen and oxygen atoms in total. The lowest BCUT2D eigenvalue weighted by atomic mass is 10.1. The van der Waals surface area contributed by atoms with Crippen molar-refractivity contribution in [2.45, 2.75) is 25.5 Å². The molecule has 0 saturated carbocycles. The second kappa shape index (κ2) is 6.56. The first-order valence-corrected chi connectivity index (χ1v) is 7.78. The number of nitrogens with zero attached hydrogens (tertiary/aromatic N) is 3. The van der Waals surface area contributed by atoms with Crippen LogP contribution in [0.15, 0.2) is 29.4 Å². The highest BCUT2D eigenvalue weighted by Crippen LogP contribution is 2.25. The molecule has 1 saturated heterocycles. The predicted molar refractivity (Wildman–Crippen MR) is 85.9 cm³/mol. The highest BCUT2D eigenvalue weighted by atomic mass is 19.1. The lowest BCUT2D eigenvalue weighted by Gasteiger charge is -2.30.